The van der Waals surface area contributed by atoms with Gasteiger partial charge in [-0.2, -0.15) is 0 Å². The molecule has 0 saturated heterocycles. The Labute approximate surface area is 243 Å². The summed E-state index contributed by atoms with van der Waals surface area (Å²) in [4.78, 5) is 23.0. The van der Waals surface area contributed by atoms with E-state index in [2.05, 4.69) is 36.7 Å². The van der Waals surface area contributed by atoms with Gasteiger partial charge in [-0.3, -0.25) is 9.79 Å². The molecule has 2 aliphatic heterocycles. The summed E-state index contributed by atoms with van der Waals surface area (Å²) in [5.74, 6) is -0.763. The molecule has 6 nitrogen and oxygen atoms in total. The molecule has 1 aromatic rings. The average molecular weight is 643 g/mol. The number of aliphatic imine (C=N–C) groups is 1. The Kier molecular flexibility index (Phi) is 7.90. The van der Waals surface area contributed by atoms with E-state index in [0.29, 0.717) is 23.3 Å². The van der Waals surface area contributed by atoms with Crippen molar-refractivity contribution in [2.45, 2.75) is 127 Å². The molecule has 39 heavy (non-hydrogen) atoms. The van der Waals surface area contributed by atoms with E-state index in [1.54, 1.807) is 0 Å². The number of rotatable bonds is 7. The van der Waals surface area contributed by atoms with Gasteiger partial charge in [-0.1, -0.05) is 38.9 Å². The number of fused-ring (bicyclic) bond motifs is 1. The molecule has 10 heteroatoms. The normalized spacial score (nSPS) is 29.3. The van der Waals surface area contributed by atoms with Gasteiger partial charge in [0.25, 0.3) is 0 Å². The molecule has 3 aliphatic rings. The molecule has 3 atom stereocenters. The summed E-state index contributed by atoms with van der Waals surface area (Å²) in [6.45, 7) is 18.1. The first-order valence-corrected chi connectivity index (χ1v) is 19.3. The number of hydrogen-bond acceptors (Lipinski definition) is 6. The molecule has 1 saturated carbocycles. The molecule has 0 radical (unpaired) electrons. The van der Waals surface area contributed by atoms with Crippen LogP contribution in [0.2, 0.25) is 18.1 Å². The van der Waals surface area contributed by atoms with Gasteiger partial charge >= 0.3 is 5.97 Å². The predicted octanol–water partition coefficient (Wildman–Crippen LogP) is 6.90. The quantitative estimate of drug-likeness (QED) is 0.184. The van der Waals surface area contributed by atoms with E-state index in [9.17, 15) is 4.79 Å². The highest BCUT2D eigenvalue weighted by molar-refractivity contribution is 9.10. The molecule has 0 aromatic carbocycles. The van der Waals surface area contributed by atoms with Crippen LogP contribution in [0.15, 0.2) is 20.0 Å². The topological polar surface area (TPSA) is 81.0 Å². The van der Waals surface area contributed by atoms with Crippen LogP contribution in [0.4, 0.5) is 4.39 Å². The van der Waals surface area contributed by atoms with E-state index >= 15 is 8.60 Å². The minimum absolute atomic E-state index is 0.0151. The number of hydrogen-bond donors (Lipinski definition) is 0. The Morgan fingerprint density at radius 3 is 2.28 bits per heavy atom. The summed E-state index contributed by atoms with van der Waals surface area (Å²) in [6, 6.07) is 4.61. The van der Waals surface area contributed by atoms with Gasteiger partial charge in [0.2, 0.25) is 0 Å². The molecule has 1 aliphatic carbocycles. The lowest BCUT2D eigenvalue weighted by Crippen LogP contribution is -2.60. The molecule has 0 unspecified atom stereocenters. The molecule has 0 bridgehead atoms. The largest absolute Gasteiger partial charge is 0.460 e. The highest BCUT2D eigenvalue weighted by Gasteiger charge is 2.62. The van der Waals surface area contributed by atoms with E-state index in [1.165, 1.54) is 0 Å². The summed E-state index contributed by atoms with van der Waals surface area (Å²) < 4.78 is 42.2. The molecule has 4 rings (SSSR count). The third-order valence-corrected chi connectivity index (χ3v) is 19.3. The maximum atomic E-state index is 16.9. The van der Waals surface area contributed by atoms with Crippen molar-refractivity contribution in [3.63, 3.8) is 0 Å². The number of carbonyl (C=O) groups is 1. The van der Waals surface area contributed by atoms with Crippen LogP contribution >= 0.6 is 15.9 Å². The van der Waals surface area contributed by atoms with Gasteiger partial charge in [0.15, 0.2) is 0 Å². The first-order valence-electron chi connectivity index (χ1n) is 14.3. The van der Waals surface area contributed by atoms with Gasteiger partial charge in [-0.25, -0.2) is 17.9 Å². The standard InChI is InChI=1S/C29H45BrFN3O3SSi/c1-10-39(11-2,12-3)19-15-22(30)33-25(24(19)31)28(9)21-17-29(13-14-29)18-32-38(21,36)27(7,8)20(34-28)16-23(35)37-26(4,5)6/h15,21H,10-14,16-18H2,1-9H3/t21-,28-,38+/m0/s1. The summed E-state index contributed by atoms with van der Waals surface area (Å²) in [6.07, 6.45) is 2.61. The molecule has 1 fully saturated rings. The Morgan fingerprint density at radius 2 is 1.77 bits per heavy atom. The number of aromatic nitrogens is 1. The lowest BCUT2D eigenvalue weighted by molar-refractivity contribution is -0.153. The maximum absolute atomic E-state index is 16.9. The van der Waals surface area contributed by atoms with Crippen molar-refractivity contribution in [1.29, 1.82) is 0 Å². The van der Waals surface area contributed by atoms with E-state index in [1.807, 2.05) is 47.6 Å². The number of pyridine rings is 1. The van der Waals surface area contributed by atoms with Crippen LogP contribution in [0.5, 0.6) is 0 Å². The van der Waals surface area contributed by atoms with E-state index in [0.717, 1.165) is 36.2 Å². The van der Waals surface area contributed by atoms with Gasteiger partial charge in [-0.15, -0.1) is 0 Å². The lowest BCUT2D eigenvalue weighted by atomic mass is 9.84. The SMILES string of the molecule is CC[Si](CC)(CC)c1cc(Br)nc([C@@]2(C)N=C(CC(=O)OC(C)(C)C)C(C)(C)[S@@]3(=O)=NCC4(CC4)C[C@@H]23)c1F. The molecule has 218 valence electrons. The molecule has 0 N–H and O–H groups in total. The van der Waals surface area contributed by atoms with Gasteiger partial charge in [0, 0.05) is 5.71 Å². The average Bonchev–Trinajstić information content (AvgIpc) is 3.60. The fourth-order valence-corrected chi connectivity index (χ4v) is 14.4. The summed E-state index contributed by atoms with van der Waals surface area (Å²) in [7, 11) is -5.09. The minimum Gasteiger partial charge on any atom is -0.460 e. The van der Waals surface area contributed by atoms with Gasteiger partial charge in [0.05, 0.1) is 40.8 Å². The summed E-state index contributed by atoms with van der Waals surface area (Å²) in [5.41, 5.74) is -1.22. The second kappa shape index (κ2) is 10.0. The minimum atomic E-state index is -2.95. The van der Waals surface area contributed by atoms with Crippen LogP contribution in [0.1, 0.15) is 93.7 Å². The number of halogens is 2. The third kappa shape index (κ3) is 5.09. The monoisotopic (exact) mass is 641 g/mol. The van der Waals surface area contributed by atoms with Crippen LogP contribution in [-0.4, -0.2) is 51.1 Å². The number of carbonyl (C=O) groups excluding carboxylic acids is 1. The number of esters is 1. The third-order valence-electron chi connectivity index (χ3n) is 9.71. The van der Waals surface area contributed by atoms with Crippen molar-refractivity contribution in [3.8, 4) is 0 Å². The predicted molar refractivity (Wildman–Crippen MR) is 164 cm³/mol. The number of nitrogens with zero attached hydrogens (tertiary/aromatic N) is 3. The molecule has 1 aromatic heterocycles. The van der Waals surface area contributed by atoms with Crippen LogP contribution < -0.4 is 5.19 Å². The van der Waals surface area contributed by atoms with E-state index in [-0.39, 0.29) is 23.3 Å². The molecular weight excluding hydrogens is 597 g/mol. The van der Waals surface area contributed by atoms with Crippen LogP contribution in [0, 0.1) is 11.2 Å². The molecule has 3 heterocycles. The summed E-state index contributed by atoms with van der Waals surface area (Å²) >= 11 is 3.59. The summed E-state index contributed by atoms with van der Waals surface area (Å²) in [5, 5.41) is 0.242. The van der Waals surface area contributed by atoms with Crippen molar-refractivity contribution < 1.29 is 18.1 Å². The first-order chi connectivity index (χ1) is 17.9. The van der Waals surface area contributed by atoms with Crippen molar-refractivity contribution in [2.24, 2.45) is 14.8 Å². The van der Waals surface area contributed by atoms with Crippen LogP contribution in [0.25, 0.3) is 0 Å². The van der Waals surface area contributed by atoms with Crippen molar-refractivity contribution in [2.75, 3.05) is 6.54 Å². The van der Waals surface area contributed by atoms with Gasteiger partial charge < -0.3 is 4.74 Å². The van der Waals surface area contributed by atoms with Crippen molar-refractivity contribution in [3.05, 3.63) is 22.2 Å². The fourth-order valence-electron chi connectivity index (χ4n) is 6.63. The van der Waals surface area contributed by atoms with Gasteiger partial charge in [-0.05, 0) is 93.4 Å². The molecule has 0 amide bonds. The highest BCUT2D eigenvalue weighted by Crippen LogP contribution is 2.59. The van der Waals surface area contributed by atoms with E-state index in [4.69, 9.17) is 19.1 Å². The Bertz CT molecular complexity index is 1320. The Morgan fingerprint density at radius 1 is 1.18 bits per heavy atom. The first kappa shape index (κ1) is 30.8. The van der Waals surface area contributed by atoms with Crippen molar-refractivity contribution >= 4 is 50.6 Å². The van der Waals surface area contributed by atoms with E-state index < -0.39 is 44.9 Å². The highest BCUT2D eigenvalue weighted by atomic mass is 79.9. The maximum Gasteiger partial charge on any atom is 0.312 e. The molecular formula is C29H45BrFN3O3SSi. The van der Waals surface area contributed by atoms with Crippen LogP contribution in [-0.2, 0) is 24.8 Å². The zero-order valence-corrected chi connectivity index (χ0v) is 28.4. The second-order valence-corrected chi connectivity index (χ2v) is 22.5. The fraction of sp³-hybridized carbons (Fsp3) is 0.759. The Balaban J connectivity index is 1.99. The molecule has 1 spiro atoms. The van der Waals surface area contributed by atoms with Gasteiger partial charge in [0.1, 0.15) is 27.3 Å². The van der Waals surface area contributed by atoms with Crippen molar-refractivity contribution in [1.82, 2.24) is 4.98 Å². The zero-order chi connectivity index (χ0) is 29.2. The smallest absolute Gasteiger partial charge is 0.312 e. The lowest BCUT2D eigenvalue weighted by Gasteiger charge is -2.50. The number of ether oxygens (including phenoxy) is 1. The van der Waals surface area contributed by atoms with Crippen LogP contribution in [0.3, 0.4) is 0 Å². The second-order valence-electron chi connectivity index (χ2n) is 13.5. The zero-order valence-electron chi connectivity index (χ0n) is 25.0. The Hall–Kier alpha value is -1.13.